The highest BCUT2D eigenvalue weighted by Crippen LogP contribution is 2.21. The van der Waals surface area contributed by atoms with Gasteiger partial charge in [0.25, 0.3) is 0 Å². The standard InChI is InChI=1S/C14H23N3O/c1-17(2)9-4-10-18-14-12(5-3-8-15-14)11-16-13-6-7-13/h3,5,8,13,16H,4,6-7,9-11H2,1-2H3. The van der Waals surface area contributed by atoms with Gasteiger partial charge in [0.2, 0.25) is 5.88 Å². The Morgan fingerprint density at radius 3 is 3.00 bits per heavy atom. The first-order valence-corrected chi connectivity index (χ1v) is 6.70. The van der Waals surface area contributed by atoms with E-state index in [2.05, 4.69) is 35.4 Å². The van der Waals surface area contributed by atoms with Crippen molar-refractivity contribution in [1.29, 1.82) is 0 Å². The first kappa shape index (κ1) is 13.3. The molecule has 1 aliphatic carbocycles. The highest BCUT2D eigenvalue weighted by molar-refractivity contribution is 5.25. The van der Waals surface area contributed by atoms with Crippen LogP contribution in [0.1, 0.15) is 24.8 Å². The molecule has 100 valence electrons. The van der Waals surface area contributed by atoms with Gasteiger partial charge in [0.15, 0.2) is 0 Å². The van der Waals surface area contributed by atoms with Gasteiger partial charge in [0.05, 0.1) is 6.61 Å². The normalized spacial score (nSPS) is 15.1. The van der Waals surface area contributed by atoms with Crippen LogP contribution in [0.15, 0.2) is 18.3 Å². The first-order valence-electron chi connectivity index (χ1n) is 6.70. The summed E-state index contributed by atoms with van der Waals surface area (Å²) in [5.41, 5.74) is 1.16. The molecular formula is C14H23N3O. The van der Waals surface area contributed by atoms with Crippen molar-refractivity contribution in [2.75, 3.05) is 27.2 Å². The summed E-state index contributed by atoms with van der Waals surface area (Å²) in [6.07, 6.45) is 5.43. The summed E-state index contributed by atoms with van der Waals surface area (Å²) in [6, 6.07) is 4.77. The fourth-order valence-electron chi connectivity index (χ4n) is 1.78. The molecule has 1 aromatic heterocycles. The molecule has 0 spiro atoms. The molecule has 0 unspecified atom stereocenters. The van der Waals surface area contributed by atoms with Crippen molar-refractivity contribution in [1.82, 2.24) is 15.2 Å². The van der Waals surface area contributed by atoms with E-state index >= 15 is 0 Å². The van der Waals surface area contributed by atoms with Crippen LogP contribution in [0.5, 0.6) is 5.88 Å². The number of pyridine rings is 1. The SMILES string of the molecule is CN(C)CCCOc1ncccc1CNC1CC1. The zero-order valence-electron chi connectivity index (χ0n) is 11.4. The molecule has 1 N–H and O–H groups in total. The fraction of sp³-hybridized carbons (Fsp3) is 0.643. The maximum Gasteiger partial charge on any atom is 0.217 e. The van der Waals surface area contributed by atoms with Gasteiger partial charge >= 0.3 is 0 Å². The zero-order chi connectivity index (χ0) is 12.8. The van der Waals surface area contributed by atoms with Crippen LogP contribution in [-0.2, 0) is 6.54 Å². The quantitative estimate of drug-likeness (QED) is 0.711. The molecule has 0 amide bonds. The number of nitrogens with one attached hydrogen (secondary N) is 1. The van der Waals surface area contributed by atoms with Crippen LogP contribution in [0.3, 0.4) is 0 Å². The van der Waals surface area contributed by atoms with E-state index in [1.54, 1.807) is 6.20 Å². The van der Waals surface area contributed by atoms with Crippen LogP contribution < -0.4 is 10.1 Å². The topological polar surface area (TPSA) is 37.4 Å². The Hall–Kier alpha value is -1.13. The van der Waals surface area contributed by atoms with Gasteiger partial charge in [-0.15, -0.1) is 0 Å². The summed E-state index contributed by atoms with van der Waals surface area (Å²) in [7, 11) is 4.15. The molecule has 0 aliphatic heterocycles. The van der Waals surface area contributed by atoms with Gasteiger partial charge in [-0.1, -0.05) is 6.07 Å². The second-order valence-electron chi connectivity index (χ2n) is 5.13. The highest BCUT2D eigenvalue weighted by atomic mass is 16.5. The molecule has 0 aromatic carbocycles. The molecule has 1 heterocycles. The largest absolute Gasteiger partial charge is 0.477 e. The Kier molecular flexibility index (Phi) is 4.96. The Morgan fingerprint density at radius 2 is 2.28 bits per heavy atom. The molecule has 4 heteroatoms. The van der Waals surface area contributed by atoms with Gasteiger partial charge < -0.3 is 15.0 Å². The molecule has 0 saturated heterocycles. The van der Waals surface area contributed by atoms with Gasteiger partial charge in [-0.25, -0.2) is 4.98 Å². The minimum absolute atomic E-state index is 0.715. The maximum absolute atomic E-state index is 5.76. The fourth-order valence-corrected chi connectivity index (χ4v) is 1.78. The molecule has 2 rings (SSSR count). The summed E-state index contributed by atoms with van der Waals surface area (Å²) in [6.45, 7) is 2.63. The van der Waals surface area contributed by atoms with E-state index < -0.39 is 0 Å². The van der Waals surface area contributed by atoms with Gasteiger partial charge in [-0.2, -0.15) is 0 Å². The molecule has 1 fully saturated rings. The third-order valence-corrected chi connectivity index (χ3v) is 3.00. The summed E-state index contributed by atoms with van der Waals surface area (Å²) < 4.78 is 5.76. The predicted molar refractivity (Wildman–Crippen MR) is 72.8 cm³/mol. The summed E-state index contributed by atoms with van der Waals surface area (Å²) >= 11 is 0. The van der Waals surface area contributed by atoms with Crippen molar-refractivity contribution in [3.8, 4) is 5.88 Å². The summed E-state index contributed by atoms with van der Waals surface area (Å²) in [5.74, 6) is 0.782. The molecule has 1 aromatic rings. The number of hydrogen-bond acceptors (Lipinski definition) is 4. The average Bonchev–Trinajstić information content (AvgIpc) is 3.17. The predicted octanol–water partition coefficient (Wildman–Crippen LogP) is 1.66. The Bertz CT molecular complexity index is 364. The monoisotopic (exact) mass is 249 g/mol. The molecule has 4 nitrogen and oxygen atoms in total. The third-order valence-electron chi connectivity index (χ3n) is 3.00. The van der Waals surface area contributed by atoms with Gasteiger partial charge in [0, 0.05) is 30.9 Å². The number of hydrogen-bond donors (Lipinski definition) is 1. The van der Waals surface area contributed by atoms with Crippen LogP contribution in [0, 0.1) is 0 Å². The lowest BCUT2D eigenvalue weighted by Crippen LogP contribution is -2.18. The van der Waals surface area contributed by atoms with Gasteiger partial charge in [-0.3, -0.25) is 0 Å². The number of aromatic nitrogens is 1. The Morgan fingerprint density at radius 1 is 1.44 bits per heavy atom. The van der Waals surface area contributed by atoms with Crippen molar-refractivity contribution in [2.24, 2.45) is 0 Å². The number of ether oxygens (including phenoxy) is 1. The van der Waals surface area contributed by atoms with Crippen molar-refractivity contribution in [2.45, 2.75) is 31.8 Å². The summed E-state index contributed by atoms with van der Waals surface area (Å²) in [5, 5.41) is 3.49. The van der Waals surface area contributed by atoms with E-state index in [1.165, 1.54) is 12.8 Å². The van der Waals surface area contributed by atoms with E-state index in [0.29, 0.717) is 6.04 Å². The van der Waals surface area contributed by atoms with Crippen molar-refractivity contribution in [3.63, 3.8) is 0 Å². The van der Waals surface area contributed by atoms with Crippen molar-refractivity contribution < 1.29 is 4.74 Å². The zero-order valence-corrected chi connectivity index (χ0v) is 11.4. The second kappa shape index (κ2) is 6.71. The molecule has 0 radical (unpaired) electrons. The van der Waals surface area contributed by atoms with Crippen LogP contribution in [0.4, 0.5) is 0 Å². The van der Waals surface area contributed by atoms with Crippen LogP contribution in [0.25, 0.3) is 0 Å². The molecule has 18 heavy (non-hydrogen) atoms. The van der Waals surface area contributed by atoms with Crippen molar-refractivity contribution in [3.05, 3.63) is 23.9 Å². The maximum atomic E-state index is 5.76. The van der Waals surface area contributed by atoms with E-state index in [4.69, 9.17) is 4.74 Å². The van der Waals surface area contributed by atoms with Crippen LogP contribution in [0.2, 0.25) is 0 Å². The minimum atomic E-state index is 0.715. The van der Waals surface area contributed by atoms with Gasteiger partial charge in [0.1, 0.15) is 0 Å². The lowest BCUT2D eigenvalue weighted by Gasteiger charge is -2.12. The summed E-state index contributed by atoms with van der Waals surface area (Å²) in [4.78, 5) is 6.48. The van der Waals surface area contributed by atoms with E-state index in [9.17, 15) is 0 Å². The molecule has 1 aliphatic rings. The van der Waals surface area contributed by atoms with Crippen molar-refractivity contribution >= 4 is 0 Å². The van der Waals surface area contributed by atoms with Gasteiger partial charge in [-0.05, 0) is 39.4 Å². The number of nitrogens with zero attached hydrogens (tertiary/aromatic N) is 2. The molecule has 0 atom stereocenters. The first-order chi connectivity index (χ1) is 8.75. The third kappa shape index (κ3) is 4.63. The van der Waals surface area contributed by atoms with Crippen LogP contribution >= 0.6 is 0 Å². The highest BCUT2D eigenvalue weighted by Gasteiger charge is 2.20. The Balaban J connectivity index is 1.78. The second-order valence-corrected chi connectivity index (χ2v) is 5.13. The van der Waals surface area contributed by atoms with E-state index in [1.807, 2.05) is 6.07 Å². The van der Waals surface area contributed by atoms with Crippen LogP contribution in [-0.4, -0.2) is 43.2 Å². The molecular weight excluding hydrogens is 226 g/mol. The minimum Gasteiger partial charge on any atom is -0.477 e. The van der Waals surface area contributed by atoms with E-state index in [0.717, 1.165) is 37.6 Å². The Labute approximate surface area is 109 Å². The lowest BCUT2D eigenvalue weighted by atomic mass is 10.2. The smallest absolute Gasteiger partial charge is 0.217 e. The van der Waals surface area contributed by atoms with E-state index in [-0.39, 0.29) is 0 Å². The number of rotatable bonds is 8. The molecule has 1 saturated carbocycles. The average molecular weight is 249 g/mol. The lowest BCUT2D eigenvalue weighted by molar-refractivity contribution is 0.270. The molecule has 0 bridgehead atoms.